The molecule has 0 amide bonds. The number of hydrogen-bond donors (Lipinski definition) is 0. The number of rotatable bonds is 5. The van der Waals surface area contributed by atoms with Crippen LogP contribution in [-0.2, 0) is 16.9 Å². The Morgan fingerprint density at radius 2 is 2.09 bits per heavy atom. The van der Waals surface area contributed by atoms with Gasteiger partial charge in [0.15, 0.2) is 0 Å². The second kappa shape index (κ2) is 7.12. The molecule has 0 aliphatic heterocycles. The van der Waals surface area contributed by atoms with Crippen LogP contribution >= 0.6 is 11.6 Å². The Kier molecular flexibility index (Phi) is 4.94. The third-order valence-corrected chi connectivity index (χ3v) is 4.59. The Morgan fingerprint density at radius 3 is 2.74 bits per heavy atom. The molecule has 3 rings (SSSR count). The molecule has 0 N–H and O–H groups in total. The summed E-state index contributed by atoms with van der Waals surface area (Å²) in [6.45, 7) is 0.268. The van der Waals surface area contributed by atoms with Crippen LogP contribution in [0.25, 0.3) is 0 Å². The minimum Gasteiger partial charge on any atom is -0.351 e. The topological polar surface area (TPSA) is 63.7 Å². The molecule has 1 aromatic carbocycles. The van der Waals surface area contributed by atoms with Crippen molar-refractivity contribution < 1.29 is 4.74 Å². The molecule has 0 saturated heterocycles. The first-order valence-electron chi connectivity index (χ1n) is 7.90. The molecule has 2 aromatic rings. The molecule has 1 aliphatic rings. The van der Waals surface area contributed by atoms with Crippen molar-refractivity contribution in [1.29, 1.82) is 5.26 Å². The van der Waals surface area contributed by atoms with E-state index in [9.17, 15) is 5.26 Å². The smallest absolute Gasteiger partial charge is 0.200 e. The highest BCUT2D eigenvalue weighted by molar-refractivity contribution is 6.31. The van der Waals surface area contributed by atoms with Gasteiger partial charge < -0.3 is 4.74 Å². The van der Waals surface area contributed by atoms with E-state index in [2.05, 4.69) is 16.2 Å². The summed E-state index contributed by atoms with van der Waals surface area (Å²) in [6.07, 6.45) is 8.58. The van der Waals surface area contributed by atoms with Crippen molar-refractivity contribution >= 4 is 11.6 Å². The summed E-state index contributed by atoms with van der Waals surface area (Å²) < 4.78 is 7.95. The van der Waals surface area contributed by atoms with Crippen LogP contribution in [0.3, 0.4) is 0 Å². The molecule has 0 radical (unpaired) electrons. The van der Waals surface area contributed by atoms with E-state index < -0.39 is 5.60 Å². The molecule has 1 heterocycles. The zero-order valence-electron chi connectivity index (χ0n) is 12.9. The molecule has 1 fully saturated rings. The summed E-state index contributed by atoms with van der Waals surface area (Å²) in [4.78, 5) is 3.96. The lowest BCUT2D eigenvalue weighted by Crippen LogP contribution is -2.38. The first kappa shape index (κ1) is 16.0. The third-order valence-electron chi connectivity index (χ3n) is 4.26. The summed E-state index contributed by atoms with van der Waals surface area (Å²) in [7, 11) is 0. The number of hydrogen-bond acceptors (Lipinski definition) is 4. The number of ether oxygens (including phenoxy) is 1. The summed E-state index contributed by atoms with van der Waals surface area (Å²) in [5, 5.41) is 14.6. The quantitative estimate of drug-likeness (QED) is 0.838. The van der Waals surface area contributed by atoms with Gasteiger partial charge in [-0.25, -0.2) is 9.67 Å². The zero-order valence-corrected chi connectivity index (χ0v) is 13.6. The molecule has 1 saturated carbocycles. The van der Waals surface area contributed by atoms with Gasteiger partial charge >= 0.3 is 0 Å². The lowest BCUT2D eigenvalue weighted by atomic mass is 9.92. The maximum absolute atomic E-state index is 9.99. The van der Waals surface area contributed by atoms with Gasteiger partial charge in [-0.05, 0) is 18.9 Å². The molecule has 0 spiro atoms. The van der Waals surface area contributed by atoms with Crippen LogP contribution in [0.5, 0.6) is 0 Å². The van der Waals surface area contributed by atoms with E-state index in [0.717, 1.165) is 25.7 Å². The molecule has 1 aliphatic carbocycles. The number of nitrogens with zero attached hydrogens (tertiary/aromatic N) is 4. The van der Waals surface area contributed by atoms with Crippen molar-refractivity contribution in [2.45, 2.75) is 50.4 Å². The number of halogens is 1. The van der Waals surface area contributed by atoms with Crippen LogP contribution in [0.1, 0.15) is 37.7 Å². The van der Waals surface area contributed by atoms with Gasteiger partial charge in [-0.1, -0.05) is 49.1 Å². The Balaban J connectivity index is 1.96. The normalized spacial score (nSPS) is 18.3. The molecular weight excluding hydrogens is 312 g/mol. The average molecular weight is 331 g/mol. The highest BCUT2D eigenvalue weighted by atomic mass is 35.5. The van der Waals surface area contributed by atoms with Crippen LogP contribution in [0.4, 0.5) is 0 Å². The van der Waals surface area contributed by atoms with E-state index in [1.54, 1.807) is 17.1 Å². The highest BCUT2D eigenvalue weighted by Crippen LogP contribution is 2.36. The average Bonchev–Trinajstić information content (AvgIpc) is 3.08. The van der Waals surface area contributed by atoms with Crippen molar-refractivity contribution in [3.8, 4) is 6.07 Å². The third kappa shape index (κ3) is 3.54. The Hall–Kier alpha value is -1.90. The highest BCUT2D eigenvalue weighted by Gasteiger charge is 2.39. The van der Waals surface area contributed by atoms with Gasteiger partial charge in [0.25, 0.3) is 0 Å². The van der Waals surface area contributed by atoms with E-state index >= 15 is 0 Å². The van der Waals surface area contributed by atoms with Gasteiger partial charge in [-0.15, -0.1) is 0 Å². The van der Waals surface area contributed by atoms with Gasteiger partial charge in [-0.3, -0.25) is 0 Å². The predicted molar refractivity (Wildman–Crippen MR) is 86.7 cm³/mol. The molecule has 1 unspecified atom stereocenters. The minimum atomic E-state index is -1.16. The fourth-order valence-electron chi connectivity index (χ4n) is 3.11. The lowest BCUT2D eigenvalue weighted by Gasteiger charge is -2.34. The molecule has 5 nitrogen and oxygen atoms in total. The van der Waals surface area contributed by atoms with Crippen LogP contribution in [0.2, 0.25) is 5.02 Å². The van der Waals surface area contributed by atoms with E-state index in [1.807, 2.05) is 18.2 Å². The predicted octanol–water partition coefficient (Wildman–Crippen LogP) is 3.70. The van der Waals surface area contributed by atoms with Crippen LogP contribution in [0.15, 0.2) is 36.9 Å². The Morgan fingerprint density at radius 1 is 1.30 bits per heavy atom. The second-order valence-electron chi connectivity index (χ2n) is 5.89. The summed E-state index contributed by atoms with van der Waals surface area (Å²) in [5.74, 6) is 0. The van der Waals surface area contributed by atoms with Crippen LogP contribution in [0, 0.1) is 11.3 Å². The molecular formula is C17H19ClN4O. The van der Waals surface area contributed by atoms with Gasteiger partial charge in [0.2, 0.25) is 5.60 Å². The second-order valence-corrected chi connectivity index (χ2v) is 6.30. The minimum absolute atomic E-state index is 0.0724. The molecule has 1 aromatic heterocycles. The maximum atomic E-state index is 9.99. The lowest BCUT2D eigenvalue weighted by molar-refractivity contribution is -0.0868. The summed E-state index contributed by atoms with van der Waals surface area (Å²) in [5.41, 5.74) is -0.473. The fourth-order valence-corrected chi connectivity index (χ4v) is 3.39. The Bertz CT molecular complexity index is 676. The van der Waals surface area contributed by atoms with Crippen molar-refractivity contribution in [2.75, 3.05) is 0 Å². The molecule has 1 atom stereocenters. The van der Waals surface area contributed by atoms with E-state index in [0.29, 0.717) is 10.6 Å². The van der Waals surface area contributed by atoms with E-state index in [4.69, 9.17) is 16.3 Å². The first-order valence-corrected chi connectivity index (χ1v) is 8.28. The number of aromatic nitrogens is 3. The standard InChI is InChI=1S/C17H19ClN4O/c18-16-9-5-4-8-15(16)17(10-19,11-22-13-20-12-21-22)23-14-6-2-1-3-7-14/h4-5,8-9,12-14H,1-3,6-7,11H2. The Labute approximate surface area is 140 Å². The van der Waals surface area contributed by atoms with Crippen molar-refractivity contribution in [1.82, 2.24) is 14.8 Å². The van der Waals surface area contributed by atoms with Gasteiger partial charge in [0, 0.05) is 10.6 Å². The van der Waals surface area contributed by atoms with Gasteiger partial charge in [0.05, 0.1) is 12.6 Å². The summed E-state index contributed by atoms with van der Waals surface area (Å²) >= 11 is 6.37. The zero-order chi connectivity index (χ0) is 16.1. The van der Waals surface area contributed by atoms with Crippen LogP contribution in [-0.4, -0.2) is 20.9 Å². The van der Waals surface area contributed by atoms with E-state index in [-0.39, 0.29) is 12.6 Å². The van der Waals surface area contributed by atoms with Crippen LogP contribution < -0.4 is 0 Å². The monoisotopic (exact) mass is 330 g/mol. The van der Waals surface area contributed by atoms with E-state index in [1.165, 1.54) is 12.7 Å². The fraction of sp³-hybridized carbons (Fsp3) is 0.471. The van der Waals surface area contributed by atoms with Crippen molar-refractivity contribution in [3.05, 3.63) is 47.5 Å². The molecule has 23 heavy (non-hydrogen) atoms. The van der Waals surface area contributed by atoms with Crippen molar-refractivity contribution in [2.24, 2.45) is 0 Å². The van der Waals surface area contributed by atoms with Crippen molar-refractivity contribution in [3.63, 3.8) is 0 Å². The number of benzene rings is 1. The van der Waals surface area contributed by atoms with Gasteiger partial charge in [-0.2, -0.15) is 10.4 Å². The number of nitriles is 1. The largest absolute Gasteiger partial charge is 0.351 e. The summed E-state index contributed by atoms with van der Waals surface area (Å²) in [6, 6.07) is 9.73. The molecule has 120 valence electrons. The maximum Gasteiger partial charge on any atom is 0.200 e. The first-order chi connectivity index (χ1) is 11.2. The molecule has 6 heteroatoms. The SMILES string of the molecule is N#CC(Cn1cncn1)(OC1CCCCC1)c1ccccc1Cl. The van der Waals surface area contributed by atoms with Gasteiger partial charge in [0.1, 0.15) is 18.7 Å². The molecule has 0 bridgehead atoms.